The number of nitrogens with one attached hydrogen (secondary N) is 2. The maximum atomic E-state index is 14.3. The summed E-state index contributed by atoms with van der Waals surface area (Å²) in [6.07, 6.45) is 9.38. The van der Waals surface area contributed by atoms with E-state index >= 15 is 0 Å². The molecular formula is C38H45FN4O5. The van der Waals surface area contributed by atoms with Gasteiger partial charge < -0.3 is 29.9 Å². The van der Waals surface area contributed by atoms with Crippen molar-refractivity contribution in [1.29, 1.82) is 0 Å². The van der Waals surface area contributed by atoms with Crippen LogP contribution in [0.4, 0.5) is 10.1 Å². The number of hydrogen-bond donors (Lipinski definition) is 3. The number of nitrogens with zero attached hydrogens (tertiary/aromatic N) is 2. The van der Waals surface area contributed by atoms with Gasteiger partial charge in [0, 0.05) is 49.8 Å². The molecular weight excluding hydrogens is 611 g/mol. The minimum absolute atomic E-state index is 0.0225. The van der Waals surface area contributed by atoms with Crippen LogP contribution in [0.1, 0.15) is 103 Å². The molecule has 2 aliphatic heterocycles. The van der Waals surface area contributed by atoms with Crippen LogP contribution in [-0.4, -0.2) is 52.3 Å². The Morgan fingerprint density at radius 1 is 1.08 bits per heavy atom. The molecule has 1 aromatic heterocycles. The smallest absolute Gasteiger partial charge is 0.274 e. The van der Waals surface area contributed by atoms with Crippen molar-refractivity contribution in [1.82, 2.24) is 15.2 Å². The van der Waals surface area contributed by atoms with E-state index in [-0.39, 0.29) is 52.8 Å². The van der Waals surface area contributed by atoms with Crippen LogP contribution >= 0.6 is 0 Å². The number of aryl methyl sites for hydroxylation is 1. The average molecular weight is 657 g/mol. The highest BCUT2D eigenvalue weighted by Gasteiger charge is 2.45. The monoisotopic (exact) mass is 656 g/mol. The number of halogens is 1. The number of fused-ring (bicyclic) bond motifs is 1. The number of rotatable bonds is 10. The highest BCUT2D eigenvalue weighted by atomic mass is 19.1. The third-order valence-corrected chi connectivity index (χ3v) is 10.8. The first-order chi connectivity index (χ1) is 23.2. The second kappa shape index (κ2) is 13.5. The van der Waals surface area contributed by atoms with E-state index in [9.17, 15) is 23.9 Å². The topological polar surface area (TPSA) is 113 Å². The molecule has 9 nitrogen and oxygen atoms in total. The second-order valence-corrected chi connectivity index (χ2v) is 14.2. The van der Waals surface area contributed by atoms with Gasteiger partial charge in [-0.25, -0.2) is 4.39 Å². The Hall–Kier alpha value is -4.02. The van der Waals surface area contributed by atoms with Crippen molar-refractivity contribution in [3.63, 3.8) is 0 Å². The molecule has 2 amide bonds. The van der Waals surface area contributed by atoms with Crippen LogP contribution in [0.15, 0.2) is 59.5 Å². The lowest BCUT2D eigenvalue weighted by Crippen LogP contribution is -2.52. The SMILES string of the molecule is Cc1cccc(C[C@H](NC(=O)c2cc(N3CCCC3=O)c(=O)n(C3CCCC3)c2)[C@H](O)CN[C@H]2CC3(CCC3)Oc3ccc(F)cc32)c1. The van der Waals surface area contributed by atoms with Crippen molar-refractivity contribution in [2.45, 2.75) is 107 Å². The number of benzene rings is 2. The summed E-state index contributed by atoms with van der Waals surface area (Å²) in [6, 6.07) is 13.2. The molecule has 2 aromatic carbocycles. The molecule has 3 heterocycles. The van der Waals surface area contributed by atoms with Crippen LogP contribution in [0.3, 0.4) is 0 Å². The predicted molar refractivity (Wildman–Crippen MR) is 181 cm³/mol. The second-order valence-electron chi connectivity index (χ2n) is 14.2. The van der Waals surface area contributed by atoms with E-state index < -0.39 is 18.1 Å². The number of carbonyl (C=O) groups excluding carboxylic acids is 2. The Morgan fingerprint density at radius 2 is 1.90 bits per heavy atom. The van der Waals surface area contributed by atoms with Gasteiger partial charge in [-0.2, -0.15) is 0 Å². The van der Waals surface area contributed by atoms with Gasteiger partial charge in [0.25, 0.3) is 11.5 Å². The molecule has 254 valence electrons. The molecule has 2 aliphatic carbocycles. The summed E-state index contributed by atoms with van der Waals surface area (Å²) in [7, 11) is 0. The number of hydrogen-bond acceptors (Lipinski definition) is 6. The van der Waals surface area contributed by atoms with Crippen molar-refractivity contribution in [3.8, 4) is 5.75 Å². The highest BCUT2D eigenvalue weighted by Crippen LogP contribution is 2.49. The molecule has 0 unspecified atom stereocenters. The molecule has 7 rings (SSSR count). The van der Waals surface area contributed by atoms with E-state index in [0.29, 0.717) is 38.0 Å². The van der Waals surface area contributed by atoms with Crippen molar-refractivity contribution in [2.75, 3.05) is 18.0 Å². The standard InChI is InChI=1S/C38H45FN4O5/c1-24-7-4-8-25(17-24)18-30(33(44)22-40-31-21-38(14-6-15-38)48-34-13-12-27(39)20-29(31)34)41-36(46)26-19-32(42-16-5-11-35(42)45)37(47)43(23-26)28-9-2-3-10-28/h4,7-8,12-13,17,19-20,23,28,30-31,33,40,44H,2-3,5-6,9-11,14-16,18,21-22H2,1H3,(H,41,46)/t30-,31-,33+/m0/s1. The molecule has 3 aromatic rings. The fourth-order valence-corrected chi connectivity index (χ4v) is 8.00. The van der Waals surface area contributed by atoms with Gasteiger partial charge in [0.2, 0.25) is 5.91 Å². The number of ether oxygens (including phenoxy) is 1. The zero-order chi connectivity index (χ0) is 33.4. The number of amides is 2. The Bertz CT molecular complexity index is 1750. The number of aliphatic hydroxyl groups excluding tert-OH is 1. The van der Waals surface area contributed by atoms with Gasteiger partial charge in [-0.15, -0.1) is 0 Å². The van der Waals surface area contributed by atoms with Crippen molar-refractivity contribution in [2.24, 2.45) is 0 Å². The Balaban J connectivity index is 1.15. The number of aliphatic hydroxyl groups is 1. The van der Waals surface area contributed by atoms with E-state index in [1.807, 2.05) is 31.2 Å². The van der Waals surface area contributed by atoms with Crippen LogP contribution in [0.5, 0.6) is 5.75 Å². The fraction of sp³-hybridized carbons (Fsp3) is 0.500. The maximum Gasteiger partial charge on any atom is 0.274 e. The van der Waals surface area contributed by atoms with Gasteiger partial charge in [-0.3, -0.25) is 14.4 Å². The average Bonchev–Trinajstić information content (AvgIpc) is 3.75. The molecule has 2 saturated carbocycles. The quantitative estimate of drug-likeness (QED) is 0.274. The Labute approximate surface area is 280 Å². The summed E-state index contributed by atoms with van der Waals surface area (Å²) in [6.45, 7) is 2.60. The van der Waals surface area contributed by atoms with Crippen molar-refractivity contribution in [3.05, 3.63) is 93.2 Å². The maximum absolute atomic E-state index is 14.3. The molecule has 0 bridgehead atoms. The summed E-state index contributed by atoms with van der Waals surface area (Å²) in [5.74, 6) is -0.200. The number of pyridine rings is 1. The van der Waals surface area contributed by atoms with Gasteiger partial charge in [0.15, 0.2) is 0 Å². The van der Waals surface area contributed by atoms with Gasteiger partial charge in [0.05, 0.1) is 17.7 Å². The lowest BCUT2D eigenvalue weighted by atomic mass is 9.73. The summed E-state index contributed by atoms with van der Waals surface area (Å²) in [5, 5.41) is 18.3. The van der Waals surface area contributed by atoms with Gasteiger partial charge >= 0.3 is 0 Å². The van der Waals surface area contributed by atoms with E-state index in [1.54, 1.807) is 16.8 Å². The zero-order valence-corrected chi connectivity index (χ0v) is 27.6. The van der Waals surface area contributed by atoms with Gasteiger partial charge in [-0.1, -0.05) is 42.7 Å². The summed E-state index contributed by atoms with van der Waals surface area (Å²) >= 11 is 0. The van der Waals surface area contributed by atoms with E-state index in [1.165, 1.54) is 23.1 Å². The first-order valence-electron chi connectivity index (χ1n) is 17.5. The van der Waals surface area contributed by atoms with Crippen LogP contribution in [0, 0.1) is 12.7 Å². The molecule has 48 heavy (non-hydrogen) atoms. The lowest BCUT2D eigenvalue weighted by Gasteiger charge is -2.48. The lowest BCUT2D eigenvalue weighted by molar-refractivity contribution is -0.117. The molecule has 3 N–H and O–H groups in total. The molecule has 3 fully saturated rings. The number of anilines is 1. The third-order valence-electron chi connectivity index (χ3n) is 10.8. The van der Waals surface area contributed by atoms with E-state index in [4.69, 9.17) is 4.74 Å². The molecule has 10 heteroatoms. The third kappa shape index (κ3) is 6.65. The first-order valence-corrected chi connectivity index (χ1v) is 17.5. The predicted octanol–water partition coefficient (Wildman–Crippen LogP) is 5.28. The molecule has 4 aliphatic rings. The van der Waals surface area contributed by atoms with Crippen LogP contribution in [-0.2, 0) is 11.2 Å². The fourth-order valence-electron chi connectivity index (χ4n) is 8.00. The molecule has 1 spiro atoms. The zero-order valence-electron chi connectivity index (χ0n) is 27.6. The Morgan fingerprint density at radius 3 is 2.60 bits per heavy atom. The highest BCUT2D eigenvalue weighted by molar-refractivity contribution is 5.98. The molecule has 0 radical (unpaired) electrons. The first kappa shape index (κ1) is 32.5. The number of aromatic nitrogens is 1. The van der Waals surface area contributed by atoms with Crippen LogP contribution in [0.2, 0.25) is 0 Å². The van der Waals surface area contributed by atoms with E-state index in [2.05, 4.69) is 10.6 Å². The van der Waals surface area contributed by atoms with Crippen LogP contribution < -0.4 is 25.8 Å². The van der Waals surface area contributed by atoms with Crippen LogP contribution in [0.25, 0.3) is 0 Å². The molecule has 3 atom stereocenters. The van der Waals surface area contributed by atoms with Crippen molar-refractivity contribution < 1.29 is 23.8 Å². The number of carbonyl (C=O) groups is 2. The summed E-state index contributed by atoms with van der Waals surface area (Å²) in [5.41, 5.74) is 2.77. The van der Waals surface area contributed by atoms with Gasteiger partial charge in [0.1, 0.15) is 22.9 Å². The minimum atomic E-state index is -0.993. The van der Waals surface area contributed by atoms with E-state index in [0.717, 1.165) is 61.6 Å². The van der Waals surface area contributed by atoms with Crippen molar-refractivity contribution >= 4 is 17.5 Å². The summed E-state index contributed by atoms with van der Waals surface area (Å²) < 4.78 is 22.3. The Kier molecular flexibility index (Phi) is 9.13. The van der Waals surface area contributed by atoms with Gasteiger partial charge in [-0.05, 0) is 81.7 Å². The minimum Gasteiger partial charge on any atom is -0.487 e. The largest absolute Gasteiger partial charge is 0.487 e. The summed E-state index contributed by atoms with van der Waals surface area (Å²) in [4.78, 5) is 41.9. The normalized spacial score (nSPS) is 21.4. The molecule has 1 saturated heterocycles.